The minimum Gasteiger partial charge on any atom is -0.371 e. The third kappa shape index (κ3) is 2.50. The van der Waals surface area contributed by atoms with E-state index < -0.39 is 0 Å². The lowest BCUT2D eigenvalue weighted by Crippen LogP contribution is -2.29. The van der Waals surface area contributed by atoms with E-state index in [1.54, 1.807) is 6.92 Å². The third-order valence-electron chi connectivity index (χ3n) is 4.90. The lowest BCUT2D eigenvalue weighted by atomic mass is 10.0. The number of benzene rings is 2. The first-order valence-corrected chi connectivity index (χ1v) is 8.71. The quantitative estimate of drug-likeness (QED) is 0.763. The summed E-state index contributed by atoms with van der Waals surface area (Å²) in [4.78, 5) is 16.8. The van der Waals surface area contributed by atoms with Crippen molar-refractivity contribution in [3.05, 3.63) is 59.7 Å². The highest BCUT2D eigenvalue weighted by atomic mass is 16.2. The first-order valence-electron chi connectivity index (χ1n) is 8.71. The Morgan fingerprint density at radius 1 is 0.875 bits per heavy atom. The van der Waals surface area contributed by atoms with Crippen LogP contribution in [0.3, 0.4) is 0 Å². The van der Waals surface area contributed by atoms with Crippen LogP contribution in [0.25, 0.3) is 11.8 Å². The molecule has 0 radical (unpaired) electrons. The van der Waals surface area contributed by atoms with Crippen LogP contribution in [0.5, 0.6) is 0 Å². The van der Waals surface area contributed by atoms with E-state index in [2.05, 4.69) is 35.2 Å². The van der Waals surface area contributed by atoms with Crippen LogP contribution < -0.4 is 4.90 Å². The maximum absolute atomic E-state index is 12.4. The van der Waals surface area contributed by atoms with Gasteiger partial charge in [-0.2, -0.15) is 0 Å². The van der Waals surface area contributed by atoms with E-state index in [0.717, 1.165) is 35.6 Å². The van der Waals surface area contributed by atoms with Crippen LogP contribution in [-0.4, -0.2) is 23.9 Å². The van der Waals surface area contributed by atoms with Gasteiger partial charge in [0.2, 0.25) is 5.91 Å². The largest absolute Gasteiger partial charge is 0.371 e. The first kappa shape index (κ1) is 15.0. The highest BCUT2D eigenvalue weighted by Crippen LogP contribution is 2.41. The fraction of sp³-hybridized carbons (Fsp3) is 0.286. The SMILES string of the molecule is CC(=O)N1c2ccccc2C=C(N2CCCCC2)c2ccccc21. The molecule has 4 rings (SSSR count). The molecule has 1 fully saturated rings. The maximum atomic E-state index is 12.4. The molecule has 2 aliphatic rings. The van der Waals surface area contributed by atoms with Crippen molar-refractivity contribution in [2.45, 2.75) is 26.2 Å². The summed E-state index contributed by atoms with van der Waals surface area (Å²) in [5.41, 5.74) is 5.42. The number of amides is 1. The number of fused-ring (bicyclic) bond motifs is 2. The zero-order valence-electron chi connectivity index (χ0n) is 14.0. The molecule has 122 valence electrons. The Kier molecular flexibility index (Phi) is 3.85. The fourth-order valence-corrected chi connectivity index (χ4v) is 3.79. The number of hydrogen-bond donors (Lipinski definition) is 0. The predicted octanol–water partition coefficient (Wildman–Crippen LogP) is 4.67. The topological polar surface area (TPSA) is 23.6 Å². The monoisotopic (exact) mass is 318 g/mol. The second-order valence-corrected chi connectivity index (χ2v) is 6.51. The number of carbonyl (C=O) groups is 1. The van der Waals surface area contributed by atoms with Gasteiger partial charge in [-0.25, -0.2) is 0 Å². The van der Waals surface area contributed by atoms with Gasteiger partial charge >= 0.3 is 0 Å². The second-order valence-electron chi connectivity index (χ2n) is 6.51. The Hall–Kier alpha value is -2.55. The smallest absolute Gasteiger partial charge is 0.228 e. The van der Waals surface area contributed by atoms with Crippen molar-refractivity contribution in [1.82, 2.24) is 4.90 Å². The van der Waals surface area contributed by atoms with Crippen LogP contribution in [-0.2, 0) is 4.79 Å². The second kappa shape index (κ2) is 6.16. The standard InChI is InChI=1S/C21H22N2O/c1-16(24)23-19-11-5-3-9-17(19)15-21(22-13-7-2-8-14-22)18-10-4-6-12-20(18)23/h3-6,9-12,15H,2,7-8,13-14H2,1H3. The molecule has 0 bridgehead atoms. The van der Waals surface area contributed by atoms with E-state index in [4.69, 9.17) is 0 Å². The van der Waals surface area contributed by atoms with Crippen molar-refractivity contribution < 1.29 is 4.79 Å². The minimum atomic E-state index is 0.0446. The lowest BCUT2D eigenvalue weighted by Gasteiger charge is -2.32. The van der Waals surface area contributed by atoms with E-state index in [1.807, 2.05) is 29.2 Å². The Morgan fingerprint density at radius 3 is 2.29 bits per heavy atom. The van der Waals surface area contributed by atoms with Gasteiger partial charge in [0.05, 0.1) is 11.4 Å². The summed E-state index contributed by atoms with van der Waals surface area (Å²) in [5, 5.41) is 0. The van der Waals surface area contributed by atoms with E-state index in [0.29, 0.717) is 0 Å². The fourth-order valence-electron chi connectivity index (χ4n) is 3.79. The van der Waals surface area contributed by atoms with Crippen LogP contribution in [0.15, 0.2) is 48.5 Å². The molecule has 1 amide bonds. The molecule has 0 aromatic heterocycles. The minimum absolute atomic E-state index is 0.0446. The van der Waals surface area contributed by atoms with Crippen molar-refractivity contribution >= 4 is 29.1 Å². The summed E-state index contributed by atoms with van der Waals surface area (Å²) in [5.74, 6) is 0.0446. The summed E-state index contributed by atoms with van der Waals surface area (Å²) in [6.07, 6.45) is 6.03. The number of likely N-dealkylation sites (tertiary alicyclic amines) is 1. The highest BCUT2D eigenvalue weighted by molar-refractivity contribution is 6.07. The van der Waals surface area contributed by atoms with Gasteiger partial charge in [0, 0.05) is 36.8 Å². The Bertz CT molecular complexity index is 803. The van der Waals surface area contributed by atoms with Gasteiger partial charge < -0.3 is 4.90 Å². The van der Waals surface area contributed by atoms with Gasteiger partial charge in [0.25, 0.3) is 0 Å². The Morgan fingerprint density at radius 2 is 1.54 bits per heavy atom. The molecular weight excluding hydrogens is 296 g/mol. The molecule has 0 spiro atoms. The van der Waals surface area contributed by atoms with Gasteiger partial charge in [-0.05, 0) is 37.5 Å². The Balaban J connectivity index is 1.95. The normalized spacial score (nSPS) is 16.8. The van der Waals surface area contributed by atoms with Crippen molar-refractivity contribution in [2.75, 3.05) is 18.0 Å². The third-order valence-corrected chi connectivity index (χ3v) is 4.90. The van der Waals surface area contributed by atoms with Crippen molar-refractivity contribution in [2.24, 2.45) is 0 Å². The number of carbonyl (C=O) groups excluding carboxylic acids is 1. The van der Waals surface area contributed by atoms with Gasteiger partial charge in [-0.15, -0.1) is 0 Å². The molecule has 0 aliphatic carbocycles. The van der Waals surface area contributed by atoms with Crippen LogP contribution in [0.2, 0.25) is 0 Å². The Labute approximate surface area is 143 Å². The predicted molar refractivity (Wildman–Crippen MR) is 99.0 cm³/mol. The number of anilines is 2. The molecule has 0 atom stereocenters. The summed E-state index contributed by atoms with van der Waals surface area (Å²) in [6.45, 7) is 3.81. The van der Waals surface area contributed by atoms with E-state index in [-0.39, 0.29) is 5.91 Å². The van der Waals surface area contributed by atoms with E-state index in [9.17, 15) is 4.79 Å². The molecule has 3 heteroatoms. The van der Waals surface area contributed by atoms with Gasteiger partial charge in [0.15, 0.2) is 0 Å². The number of piperidine rings is 1. The average molecular weight is 318 g/mol. The molecule has 1 saturated heterocycles. The van der Waals surface area contributed by atoms with Crippen molar-refractivity contribution in [1.29, 1.82) is 0 Å². The molecule has 2 heterocycles. The zero-order chi connectivity index (χ0) is 16.5. The molecular formula is C21H22N2O. The van der Waals surface area contributed by atoms with Crippen molar-refractivity contribution in [3.63, 3.8) is 0 Å². The van der Waals surface area contributed by atoms with Gasteiger partial charge in [0.1, 0.15) is 0 Å². The number of nitrogens with zero attached hydrogens (tertiary/aromatic N) is 2. The molecule has 2 aromatic rings. The maximum Gasteiger partial charge on any atom is 0.228 e. The molecule has 2 aliphatic heterocycles. The summed E-state index contributed by atoms with van der Waals surface area (Å²) in [7, 11) is 0. The van der Waals surface area contributed by atoms with Gasteiger partial charge in [-0.1, -0.05) is 36.4 Å². The van der Waals surface area contributed by atoms with E-state index in [1.165, 1.54) is 25.0 Å². The van der Waals surface area contributed by atoms with Crippen LogP contribution in [0.4, 0.5) is 11.4 Å². The number of para-hydroxylation sites is 2. The molecule has 3 nitrogen and oxygen atoms in total. The summed E-state index contributed by atoms with van der Waals surface area (Å²) >= 11 is 0. The van der Waals surface area contributed by atoms with Crippen LogP contribution >= 0.6 is 0 Å². The molecule has 24 heavy (non-hydrogen) atoms. The summed E-state index contributed by atoms with van der Waals surface area (Å²) < 4.78 is 0. The lowest BCUT2D eigenvalue weighted by molar-refractivity contribution is -0.115. The molecule has 0 N–H and O–H groups in total. The zero-order valence-corrected chi connectivity index (χ0v) is 14.0. The van der Waals surface area contributed by atoms with E-state index >= 15 is 0 Å². The number of rotatable bonds is 1. The average Bonchev–Trinajstić information content (AvgIpc) is 2.77. The molecule has 0 saturated carbocycles. The molecule has 0 unspecified atom stereocenters. The molecule has 2 aromatic carbocycles. The van der Waals surface area contributed by atoms with Crippen LogP contribution in [0.1, 0.15) is 37.3 Å². The number of hydrogen-bond acceptors (Lipinski definition) is 2. The van der Waals surface area contributed by atoms with Gasteiger partial charge in [-0.3, -0.25) is 9.69 Å². The van der Waals surface area contributed by atoms with Crippen molar-refractivity contribution in [3.8, 4) is 0 Å². The first-order chi connectivity index (χ1) is 11.8. The summed E-state index contributed by atoms with van der Waals surface area (Å²) in [6, 6.07) is 16.4. The van der Waals surface area contributed by atoms with Crippen LogP contribution in [0, 0.1) is 0 Å². The highest BCUT2D eigenvalue weighted by Gasteiger charge is 2.26.